The number of nitrogens with zero attached hydrogens (tertiary/aromatic N) is 3. The first-order valence-electron chi connectivity index (χ1n) is 11.7. The number of aromatic nitrogens is 1. The summed E-state index contributed by atoms with van der Waals surface area (Å²) < 4.78 is 7.80. The highest BCUT2D eigenvalue weighted by Gasteiger charge is 2.18. The molecule has 0 radical (unpaired) electrons. The Morgan fingerprint density at radius 1 is 0.941 bits per heavy atom. The number of amides is 1. The van der Waals surface area contributed by atoms with E-state index in [2.05, 4.69) is 17.2 Å². The molecule has 174 valence electrons. The maximum absolute atomic E-state index is 12.4. The molecular formula is C28H29N3O3. The van der Waals surface area contributed by atoms with Crippen LogP contribution in [0.4, 0.5) is 5.69 Å². The average Bonchev–Trinajstić information content (AvgIpc) is 3.12. The second-order valence-electron chi connectivity index (χ2n) is 8.19. The van der Waals surface area contributed by atoms with E-state index in [1.165, 1.54) is 0 Å². The van der Waals surface area contributed by atoms with Crippen LogP contribution in [0.1, 0.15) is 37.3 Å². The van der Waals surface area contributed by atoms with Crippen LogP contribution in [0.25, 0.3) is 10.9 Å². The fourth-order valence-corrected chi connectivity index (χ4v) is 3.92. The van der Waals surface area contributed by atoms with E-state index in [0.29, 0.717) is 18.8 Å². The lowest BCUT2D eigenvalue weighted by Gasteiger charge is -2.13. The minimum atomic E-state index is -0.367. The lowest BCUT2D eigenvalue weighted by atomic mass is 10.1. The highest BCUT2D eigenvalue weighted by atomic mass is 16.5. The molecule has 1 heterocycles. The number of aromatic hydroxyl groups is 1. The van der Waals surface area contributed by atoms with Gasteiger partial charge in [-0.3, -0.25) is 4.79 Å². The Morgan fingerprint density at radius 3 is 2.50 bits per heavy atom. The van der Waals surface area contributed by atoms with E-state index in [4.69, 9.17) is 4.74 Å². The molecule has 3 aromatic carbocycles. The number of benzene rings is 3. The number of hydrogen-bond acceptors (Lipinski definition) is 4. The molecule has 1 amide bonds. The van der Waals surface area contributed by atoms with Gasteiger partial charge in [-0.25, -0.2) is 0 Å². The van der Waals surface area contributed by atoms with Crippen molar-refractivity contribution in [3.05, 3.63) is 90.0 Å². The zero-order chi connectivity index (χ0) is 23.8. The number of azo groups is 1. The third-order valence-electron chi connectivity index (χ3n) is 5.68. The number of hydrogen-bond donors (Lipinski definition) is 1. The van der Waals surface area contributed by atoms with E-state index in [1.807, 2.05) is 78.9 Å². The summed E-state index contributed by atoms with van der Waals surface area (Å²) in [5, 5.41) is 19.8. The third kappa shape index (κ3) is 5.52. The summed E-state index contributed by atoms with van der Waals surface area (Å²) >= 11 is 0. The van der Waals surface area contributed by atoms with E-state index < -0.39 is 0 Å². The van der Waals surface area contributed by atoms with Gasteiger partial charge >= 0.3 is 0 Å². The van der Waals surface area contributed by atoms with Crippen molar-refractivity contribution in [2.24, 2.45) is 10.2 Å². The predicted molar refractivity (Wildman–Crippen MR) is 134 cm³/mol. The summed E-state index contributed by atoms with van der Waals surface area (Å²) in [5.41, 5.74) is 2.93. The molecule has 0 aliphatic carbocycles. The van der Waals surface area contributed by atoms with Gasteiger partial charge in [-0.1, -0.05) is 86.5 Å². The Labute approximate surface area is 199 Å². The molecule has 0 saturated heterocycles. The number of carbonyl (C=O) groups is 1. The topological polar surface area (TPSA) is 76.2 Å². The highest BCUT2D eigenvalue weighted by molar-refractivity contribution is 5.95. The normalized spacial score (nSPS) is 11.3. The van der Waals surface area contributed by atoms with Crippen LogP contribution in [-0.4, -0.2) is 22.2 Å². The molecule has 6 nitrogen and oxygen atoms in total. The third-order valence-corrected chi connectivity index (χ3v) is 5.68. The molecule has 0 atom stereocenters. The lowest BCUT2D eigenvalue weighted by molar-refractivity contribution is -0.117. The minimum absolute atomic E-state index is 0.0294. The molecule has 0 aliphatic rings. The van der Waals surface area contributed by atoms with Crippen LogP contribution in [0.3, 0.4) is 0 Å². The summed E-state index contributed by atoms with van der Waals surface area (Å²) in [6.45, 7) is 3.23. The van der Waals surface area contributed by atoms with Gasteiger partial charge in [-0.05, 0) is 24.1 Å². The van der Waals surface area contributed by atoms with Crippen LogP contribution in [0.5, 0.6) is 11.6 Å². The largest absolute Gasteiger partial charge is 0.493 e. The van der Waals surface area contributed by atoms with Crippen LogP contribution in [-0.2, 0) is 17.8 Å². The molecule has 0 unspecified atom stereocenters. The number of ether oxygens (including phenoxy) is 1. The van der Waals surface area contributed by atoms with E-state index in [0.717, 1.165) is 47.0 Å². The van der Waals surface area contributed by atoms with E-state index in [1.54, 1.807) is 4.57 Å². The SMILES string of the molecule is CCCCCOc1ccccc1Cn1c(O)c(N=NC(=O)Cc2ccccc2)c2ccccc21. The highest BCUT2D eigenvalue weighted by Crippen LogP contribution is 2.39. The van der Waals surface area contributed by atoms with Gasteiger partial charge in [0.1, 0.15) is 5.75 Å². The van der Waals surface area contributed by atoms with Crippen molar-refractivity contribution in [2.75, 3.05) is 6.61 Å². The van der Waals surface area contributed by atoms with Crippen molar-refractivity contribution in [3.8, 4) is 11.6 Å². The first-order valence-corrected chi connectivity index (χ1v) is 11.7. The van der Waals surface area contributed by atoms with Crippen molar-refractivity contribution < 1.29 is 14.6 Å². The number of para-hydroxylation sites is 2. The summed E-state index contributed by atoms with van der Waals surface area (Å²) in [5.74, 6) is 0.406. The van der Waals surface area contributed by atoms with Crippen molar-refractivity contribution in [3.63, 3.8) is 0 Å². The van der Waals surface area contributed by atoms with Gasteiger partial charge < -0.3 is 14.4 Å². The first-order chi connectivity index (χ1) is 16.7. The number of rotatable bonds is 10. The smallest absolute Gasteiger partial charge is 0.269 e. The average molecular weight is 456 g/mol. The maximum atomic E-state index is 12.4. The van der Waals surface area contributed by atoms with Crippen molar-refractivity contribution in [1.82, 2.24) is 4.57 Å². The Kier molecular flexibility index (Phi) is 7.71. The van der Waals surface area contributed by atoms with Gasteiger partial charge in [0.25, 0.3) is 5.91 Å². The van der Waals surface area contributed by atoms with Gasteiger partial charge in [-0.2, -0.15) is 0 Å². The zero-order valence-corrected chi connectivity index (χ0v) is 19.4. The lowest BCUT2D eigenvalue weighted by Crippen LogP contribution is -2.04. The molecule has 34 heavy (non-hydrogen) atoms. The summed E-state index contributed by atoms with van der Waals surface area (Å²) in [4.78, 5) is 12.4. The summed E-state index contributed by atoms with van der Waals surface area (Å²) in [7, 11) is 0. The minimum Gasteiger partial charge on any atom is -0.493 e. The van der Waals surface area contributed by atoms with Gasteiger partial charge in [0.15, 0.2) is 5.69 Å². The number of carbonyl (C=O) groups excluding carboxylic acids is 1. The molecular weight excluding hydrogens is 426 g/mol. The second-order valence-corrected chi connectivity index (χ2v) is 8.19. The van der Waals surface area contributed by atoms with Crippen LogP contribution >= 0.6 is 0 Å². The molecule has 0 spiro atoms. The molecule has 0 aliphatic heterocycles. The summed E-state index contributed by atoms with van der Waals surface area (Å²) in [6, 6.07) is 24.8. The van der Waals surface area contributed by atoms with E-state index in [-0.39, 0.29) is 18.2 Å². The molecule has 0 bridgehead atoms. The number of fused-ring (bicyclic) bond motifs is 1. The quantitative estimate of drug-likeness (QED) is 0.211. The Bertz CT molecular complexity index is 1280. The van der Waals surface area contributed by atoms with Crippen molar-refractivity contribution >= 4 is 22.5 Å². The maximum Gasteiger partial charge on any atom is 0.269 e. The van der Waals surface area contributed by atoms with Crippen molar-refractivity contribution in [2.45, 2.75) is 39.2 Å². The van der Waals surface area contributed by atoms with Gasteiger partial charge in [0, 0.05) is 10.9 Å². The molecule has 6 heteroatoms. The molecule has 1 N–H and O–H groups in total. The Morgan fingerprint density at radius 2 is 1.68 bits per heavy atom. The molecule has 0 saturated carbocycles. The van der Waals surface area contributed by atoms with E-state index >= 15 is 0 Å². The van der Waals surface area contributed by atoms with Gasteiger partial charge in [-0.15, -0.1) is 10.2 Å². The molecule has 4 rings (SSSR count). The fourth-order valence-electron chi connectivity index (χ4n) is 3.92. The molecule has 0 fully saturated rings. The predicted octanol–water partition coefficient (Wildman–Crippen LogP) is 6.82. The van der Waals surface area contributed by atoms with Crippen LogP contribution < -0.4 is 4.74 Å². The monoisotopic (exact) mass is 455 g/mol. The van der Waals surface area contributed by atoms with Gasteiger partial charge in [0.2, 0.25) is 5.88 Å². The van der Waals surface area contributed by atoms with Crippen LogP contribution in [0.2, 0.25) is 0 Å². The molecule has 4 aromatic rings. The number of unbranched alkanes of at least 4 members (excludes halogenated alkanes) is 2. The second kappa shape index (κ2) is 11.3. The van der Waals surface area contributed by atoms with E-state index in [9.17, 15) is 9.90 Å². The zero-order valence-electron chi connectivity index (χ0n) is 19.4. The standard InChI is InChI=1S/C28H29N3O3/c1-2-3-11-18-34-25-17-10-7-14-22(25)20-31-24-16-9-8-15-23(24)27(28(31)33)30-29-26(32)19-21-12-5-4-6-13-21/h4-10,12-17,33H,2-3,11,18-20H2,1H3. The Hall–Kier alpha value is -3.93. The Balaban J connectivity index is 1.60. The van der Waals surface area contributed by atoms with Crippen LogP contribution in [0, 0.1) is 0 Å². The fraction of sp³-hybridized carbons (Fsp3) is 0.250. The molecule has 1 aromatic heterocycles. The van der Waals surface area contributed by atoms with Gasteiger partial charge in [0.05, 0.1) is 25.1 Å². The van der Waals surface area contributed by atoms with Crippen LogP contribution in [0.15, 0.2) is 89.1 Å². The first kappa shape index (κ1) is 23.2. The van der Waals surface area contributed by atoms with Crippen molar-refractivity contribution in [1.29, 1.82) is 0 Å². The summed E-state index contributed by atoms with van der Waals surface area (Å²) in [6.07, 6.45) is 3.43.